The topological polar surface area (TPSA) is 22.0 Å². The Hall–Kier alpha value is -1.05. The molecule has 0 unspecified atom stereocenters. The van der Waals surface area contributed by atoms with E-state index in [-0.39, 0.29) is 0 Å². The summed E-state index contributed by atoms with van der Waals surface area (Å²) in [6.07, 6.45) is 11.1. The Balaban J connectivity index is 2.00. The molecule has 0 N–H and O–H groups in total. The number of hydrogen-bond acceptors (Lipinski definition) is 1. The van der Waals surface area contributed by atoms with Crippen LogP contribution < -0.4 is 0 Å². The second-order valence-corrected chi connectivity index (χ2v) is 4.71. The van der Waals surface area contributed by atoms with Gasteiger partial charge in [-0.05, 0) is 24.0 Å². The predicted octanol–water partition coefficient (Wildman–Crippen LogP) is 2.96. The largest absolute Gasteiger partial charge is 0.348 e. The van der Waals surface area contributed by atoms with E-state index in [9.17, 15) is 4.79 Å². The molecule has 1 saturated carbocycles. The summed E-state index contributed by atoms with van der Waals surface area (Å²) >= 11 is 0. The van der Waals surface area contributed by atoms with Crippen molar-refractivity contribution in [2.24, 2.45) is 13.0 Å². The highest BCUT2D eigenvalue weighted by molar-refractivity contribution is 5.72. The average molecular weight is 205 g/mol. The summed E-state index contributed by atoms with van der Waals surface area (Å²) < 4.78 is 1.92. The van der Waals surface area contributed by atoms with Crippen LogP contribution in [0.2, 0.25) is 0 Å². The number of nitrogens with zero attached hydrogens (tertiary/aromatic N) is 1. The van der Waals surface area contributed by atoms with E-state index < -0.39 is 0 Å². The molecule has 15 heavy (non-hydrogen) atoms. The summed E-state index contributed by atoms with van der Waals surface area (Å²) in [6.45, 7) is 0. The van der Waals surface area contributed by atoms with Crippen LogP contribution in [-0.4, -0.2) is 10.9 Å². The molecular weight excluding hydrogens is 186 g/mol. The molecule has 2 heteroatoms. The van der Waals surface area contributed by atoms with Gasteiger partial charge < -0.3 is 4.57 Å². The van der Waals surface area contributed by atoms with Crippen molar-refractivity contribution in [3.05, 3.63) is 23.5 Å². The first-order chi connectivity index (χ1) is 7.29. The van der Waals surface area contributed by atoms with Crippen LogP contribution >= 0.6 is 0 Å². The van der Waals surface area contributed by atoms with Crippen molar-refractivity contribution in [3.63, 3.8) is 0 Å². The molecule has 1 aliphatic carbocycles. The van der Waals surface area contributed by atoms with Crippen molar-refractivity contribution < 1.29 is 4.79 Å². The minimum Gasteiger partial charge on any atom is -0.348 e. The third-order valence-corrected chi connectivity index (χ3v) is 3.47. The molecule has 0 radical (unpaired) electrons. The van der Waals surface area contributed by atoms with E-state index in [0.29, 0.717) is 0 Å². The van der Waals surface area contributed by atoms with Crippen molar-refractivity contribution >= 4 is 6.29 Å². The van der Waals surface area contributed by atoms with Crippen LogP contribution in [0.3, 0.4) is 0 Å². The second-order valence-electron chi connectivity index (χ2n) is 4.71. The molecule has 1 aliphatic rings. The van der Waals surface area contributed by atoms with Gasteiger partial charge in [0, 0.05) is 13.2 Å². The van der Waals surface area contributed by atoms with Crippen LogP contribution in [-0.2, 0) is 13.5 Å². The molecule has 1 aromatic rings. The Morgan fingerprint density at radius 2 is 2.13 bits per heavy atom. The molecule has 0 atom stereocenters. The number of hydrogen-bond donors (Lipinski definition) is 0. The number of aldehydes is 1. The normalized spacial score (nSPS) is 17.9. The first-order valence-electron chi connectivity index (χ1n) is 5.90. The first-order valence-corrected chi connectivity index (χ1v) is 5.90. The fourth-order valence-corrected chi connectivity index (χ4v) is 2.61. The summed E-state index contributed by atoms with van der Waals surface area (Å²) in [7, 11) is 1.94. The molecule has 0 saturated heterocycles. The Kier molecular flexibility index (Phi) is 3.24. The molecule has 1 heterocycles. The van der Waals surface area contributed by atoms with Gasteiger partial charge in [0.1, 0.15) is 0 Å². The van der Waals surface area contributed by atoms with E-state index in [1.165, 1.54) is 37.7 Å². The maximum absolute atomic E-state index is 10.7. The third-order valence-electron chi connectivity index (χ3n) is 3.47. The lowest BCUT2D eigenvalue weighted by Gasteiger charge is -2.20. The van der Waals surface area contributed by atoms with Crippen molar-refractivity contribution in [2.75, 3.05) is 0 Å². The minimum atomic E-state index is 0.792. The smallest absolute Gasteiger partial charge is 0.166 e. The molecule has 0 amide bonds. The lowest BCUT2D eigenvalue weighted by molar-refractivity contribution is 0.111. The highest BCUT2D eigenvalue weighted by atomic mass is 16.1. The van der Waals surface area contributed by atoms with Crippen LogP contribution in [0.5, 0.6) is 0 Å². The molecule has 1 fully saturated rings. The quantitative estimate of drug-likeness (QED) is 0.695. The predicted molar refractivity (Wildman–Crippen MR) is 61.1 cm³/mol. The minimum absolute atomic E-state index is 0.792. The van der Waals surface area contributed by atoms with Crippen molar-refractivity contribution in [1.29, 1.82) is 0 Å². The van der Waals surface area contributed by atoms with Gasteiger partial charge in [0.15, 0.2) is 6.29 Å². The Bertz CT molecular complexity index is 334. The summed E-state index contributed by atoms with van der Waals surface area (Å²) in [5.41, 5.74) is 2.12. The van der Waals surface area contributed by atoms with Gasteiger partial charge in [-0.2, -0.15) is 0 Å². The standard InChI is InChI=1S/C13H19NO/c1-14-9-12(8-13(14)10-15)7-11-5-3-2-4-6-11/h8-11H,2-7H2,1H3. The fourth-order valence-electron chi connectivity index (χ4n) is 2.61. The van der Waals surface area contributed by atoms with E-state index in [0.717, 1.165) is 24.3 Å². The van der Waals surface area contributed by atoms with Crippen LogP contribution in [0.1, 0.15) is 48.2 Å². The molecule has 0 aromatic carbocycles. The summed E-state index contributed by atoms with van der Waals surface area (Å²) in [5, 5.41) is 0. The van der Waals surface area contributed by atoms with E-state index >= 15 is 0 Å². The van der Waals surface area contributed by atoms with Gasteiger partial charge in [0.25, 0.3) is 0 Å². The molecule has 1 aromatic heterocycles. The van der Waals surface area contributed by atoms with Gasteiger partial charge in [0.05, 0.1) is 5.69 Å². The van der Waals surface area contributed by atoms with E-state index in [4.69, 9.17) is 0 Å². The van der Waals surface area contributed by atoms with Crippen molar-refractivity contribution in [1.82, 2.24) is 4.57 Å². The van der Waals surface area contributed by atoms with Gasteiger partial charge in [-0.3, -0.25) is 4.79 Å². The van der Waals surface area contributed by atoms with E-state index in [1.807, 2.05) is 17.7 Å². The fraction of sp³-hybridized carbons (Fsp3) is 0.615. The van der Waals surface area contributed by atoms with Gasteiger partial charge in [-0.25, -0.2) is 0 Å². The van der Waals surface area contributed by atoms with Crippen LogP contribution in [0, 0.1) is 5.92 Å². The van der Waals surface area contributed by atoms with Crippen molar-refractivity contribution in [2.45, 2.75) is 38.5 Å². The molecule has 2 rings (SSSR count). The maximum atomic E-state index is 10.7. The average Bonchev–Trinajstić information content (AvgIpc) is 2.60. The molecule has 82 valence electrons. The summed E-state index contributed by atoms with van der Waals surface area (Å²) in [6, 6.07) is 2.03. The molecule has 0 aliphatic heterocycles. The summed E-state index contributed by atoms with van der Waals surface area (Å²) in [5.74, 6) is 0.848. The molecule has 2 nitrogen and oxygen atoms in total. The Morgan fingerprint density at radius 3 is 2.73 bits per heavy atom. The van der Waals surface area contributed by atoms with Gasteiger partial charge >= 0.3 is 0 Å². The number of aromatic nitrogens is 1. The first kappa shape index (κ1) is 10.5. The van der Waals surface area contributed by atoms with Crippen LogP contribution in [0.15, 0.2) is 12.3 Å². The van der Waals surface area contributed by atoms with Gasteiger partial charge in [0.2, 0.25) is 0 Å². The number of carbonyl (C=O) groups is 1. The molecule has 0 bridgehead atoms. The lowest BCUT2D eigenvalue weighted by Crippen LogP contribution is -2.08. The van der Waals surface area contributed by atoms with Gasteiger partial charge in [-0.1, -0.05) is 32.1 Å². The lowest BCUT2D eigenvalue weighted by atomic mass is 9.85. The Labute approximate surface area is 91.3 Å². The monoisotopic (exact) mass is 205 g/mol. The zero-order valence-electron chi connectivity index (χ0n) is 9.41. The van der Waals surface area contributed by atoms with Gasteiger partial charge in [-0.15, -0.1) is 0 Å². The van der Waals surface area contributed by atoms with Crippen LogP contribution in [0.25, 0.3) is 0 Å². The number of carbonyl (C=O) groups excluding carboxylic acids is 1. The second kappa shape index (κ2) is 4.65. The van der Waals surface area contributed by atoms with E-state index in [2.05, 4.69) is 6.20 Å². The zero-order valence-corrected chi connectivity index (χ0v) is 9.41. The SMILES string of the molecule is Cn1cc(CC2CCCCC2)cc1C=O. The summed E-state index contributed by atoms with van der Waals surface area (Å²) in [4.78, 5) is 10.7. The molecule has 0 spiro atoms. The van der Waals surface area contributed by atoms with Crippen molar-refractivity contribution in [3.8, 4) is 0 Å². The van der Waals surface area contributed by atoms with E-state index in [1.54, 1.807) is 0 Å². The highest BCUT2D eigenvalue weighted by Gasteiger charge is 2.14. The number of aryl methyl sites for hydroxylation is 1. The highest BCUT2D eigenvalue weighted by Crippen LogP contribution is 2.27. The molecular formula is C13H19NO. The Morgan fingerprint density at radius 1 is 1.40 bits per heavy atom. The maximum Gasteiger partial charge on any atom is 0.166 e. The third kappa shape index (κ3) is 2.49. The number of rotatable bonds is 3. The van der Waals surface area contributed by atoms with Crippen LogP contribution in [0.4, 0.5) is 0 Å². The zero-order chi connectivity index (χ0) is 10.7.